The number of nitrogens with one attached hydrogen (secondary N) is 2. The minimum Gasteiger partial charge on any atom is -0.313 e. The molecule has 0 aliphatic heterocycles. The quantitative estimate of drug-likeness (QED) is 0.837. The van der Waals surface area contributed by atoms with E-state index in [2.05, 4.69) is 57.4 Å². The zero-order valence-electron chi connectivity index (χ0n) is 12.2. The van der Waals surface area contributed by atoms with Crippen LogP contribution in [0.3, 0.4) is 0 Å². The normalized spacial score (nSPS) is 13.8. The minimum absolute atomic E-state index is 0.0290. The van der Waals surface area contributed by atoms with Gasteiger partial charge in [-0.2, -0.15) is 0 Å². The SMILES string of the molecule is CNC(c1cc(C)c(C)cc1C)C(C)(C)NC. The molecule has 0 heterocycles. The van der Waals surface area contributed by atoms with Gasteiger partial charge < -0.3 is 10.6 Å². The van der Waals surface area contributed by atoms with Crippen molar-refractivity contribution in [3.05, 3.63) is 34.4 Å². The van der Waals surface area contributed by atoms with Crippen molar-refractivity contribution in [2.75, 3.05) is 14.1 Å². The Morgan fingerprint density at radius 2 is 1.47 bits per heavy atom. The van der Waals surface area contributed by atoms with E-state index in [0.29, 0.717) is 6.04 Å². The summed E-state index contributed by atoms with van der Waals surface area (Å²) in [6.45, 7) is 11.0. The molecule has 1 rings (SSSR count). The van der Waals surface area contributed by atoms with Crippen molar-refractivity contribution in [2.45, 2.75) is 46.2 Å². The van der Waals surface area contributed by atoms with E-state index < -0.39 is 0 Å². The van der Waals surface area contributed by atoms with Crippen molar-refractivity contribution in [1.82, 2.24) is 10.6 Å². The van der Waals surface area contributed by atoms with Gasteiger partial charge in [-0.3, -0.25) is 0 Å². The summed E-state index contributed by atoms with van der Waals surface area (Å²) in [7, 11) is 4.04. The van der Waals surface area contributed by atoms with E-state index in [-0.39, 0.29) is 5.54 Å². The standard InChI is InChI=1S/C15H26N2/c1-10-8-12(3)13(9-11(10)2)14(16-6)15(4,5)17-7/h8-9,14,16-17H,1-7H3. The molecular weight excluding hydrogens is 208 g/mol. The molecule has 0 aliphatic rings. The average Bonchev–Trinajstić information content (AvgIpc) is 2.26. The molecule has 2 nitrogen and oxygen atoms in total. The Morgan fingerprint density at radius 3 is 1.94 bits per heavy atom. The molecule has 0 bridgehead atoms. The van der Waals surface area contributed by atoms with Crippen LogP contribution >= 0.6 is 0 Å². The van der Waals surface area contributed by atoms with Gasteiger partial charge in [0, 0.05) is 11.6 Å². The largest absolute Gasteiger partial charge is 0.313 e. The lowest BCUT2D eigenvalue weighted by Crippen LogP contribution is -2.47. The molecule has 96 valence electrons. The molecule has 0 aromatic heterocycles. The molecule has 0 amide bonds. The summed E-state index contributed by atoms with van der Waals surface area (Å²) in [4.78, 5) is 0. The third-order valence-corrected chi connectivity index (χ3v) is 3.85. The molecule has 0 radical (unpaired) electrons. The van der Waals surface area contributed by atoms with Crippen LogP contribution in [-0.2, 0) is 0 Å². The lowest BCUT2D eigenvalue weighted by atomic mass is 9.85. The zero-order valence-corrected chi connectivity index (χ0v) is 12.2. The highest BCUT2D eigenvalue weighted by atomic mass is 15.0. The molecular formula is C15H26N2. The van der Waals surface area contributed by atoms with Crippen LogP contribution in [-0.4, -0.2) is 19.6 Å². The zero-order chi connectivity index (χ0) is 13.2. The molecule has 2 heteroatoms. The third-order valence-electron chi connectivity index (χ3n) is 3.85. The fourth-order valence-electron chi connectivity index (χ4n) is 2.34. The predicted octanol–water partition coefficient (Wildman–Crippen LogP) is 2.87. The Labute approximate surface area is 106 Å². The van der Waals surface area contributed by atoms with Crippen molar-refractivity contribution in [3.8, 4) is 0 Å². The summed E-state index contributed by atoms with van der Waals surface area (Å²) in [5.41, 5.74) is 5.49. The summed E-state index contributed by atoms with van der Waals surface area (Å²) >= 11 is 0. The lowest BCUT2D eigenvalue weighted by molar-refractivity contribution is 0.310. The fraction of sp³-hybridized carbons (Fsp3) is 0.600. The molecule has 0 fully saturated rings. The van der Waals surface area contributed by atoms with E-state index in [9.17, 15) is 0 Å². The number of likely N-dealkylation sites (N-methyl/N-ethyl adjacent to an activating group) is 2. The van der Waals surface area contributed by atoms with Crippen LogP contribution in [0.1, 0.15) is 42.1 Å². The fourth-order valence-corrected chi connectivity index (χ4v) is 2.34. The van der Waals surface area contributed by atoms with E-state index in [1.807, 2.05) is 14.1 Å². The molecule has 1 aromatic rings. The number of aryl methyl sites for hydroxylation is 3. The van der Waals surface area contributed by atoms with E-state index in [1.165, 1.54) is 22.3 Å². The summed E-state index contributed by atoms with van der Waals surface area (Å²) in [6.07, 6.45) is 0. The van der Waals surface area contributed by atoms with Gasteiger partial charge in [0.05, 0.1) is 0 Å². The van der Waals surface area contributed by atoms with Crippen LogP contribution in [0.5, 0.6) is 0 Å². The van der Waals surface area contributed by atoms with E-state index in [1.54, 1.807) is 0 Å². The van der Waals surface area contributed by atoms with Gasteiger partial charge in [0.2, 0.25) is 0 Å². The van der Waals surface area contributed by atoms with Crippen LogP contribution in [0.2, 0.25) is 0 Å². The Balaban J connectivity index is 3.26. The summed E-state index contributed by atoms with van der Waals surface area (Å²) in [6, 6.07) is 4.90. The molecule has 1 unspecified atom stereocenters. The highest BCUT2D eigenvalue weighted by Crippen LogP contribution is 2.29. The highest BCUT2D eigenvalue weighted by molar-refractivity contribution is 5.39. The van der Waals surface area contributed by atoms with Crippen LogP contribution in [0.25, 0.3) is 0 Å². The van der Waals surface area contributed by atoms with Crippen molar-refractivity contribution >= 4 is 0 Å². The number of benzene rings is 1. The Morgan fingerprint density at radius 1 is 0.941 bits per heavy atom. The smallest absolute Gasteiger partial charge is 0.0499 e. The van der Waals surface area contributed by atoms with E-state index >= 15 is 0 Å². The molecule has 1 aromatic carbocycles. The van der Waals surface area contributed by atoms with Gasteiger partial charge in [-0.1, -0.05) is 12.1 Å². The van der Waals surface area contributed by atoms with E-state index in [4.69, 9.17) is 0 Å². The van der Waals surface area contributed by atoms with Crippen molar-refractivity contribution in [3.63, 3.8) is 0 Å². The average molecular weight is 234 g/mol. The van der Waals surface area contributed by atoms with Gasteiger partial charge in [0.15, 0.2) is 0 Å². The van der Waals surface area contributed by atoms with Gasteiger partial charge in [0.1, 0.15) is 0 Å². The first-order chi connectivity index (χ1) is 7.83. The van der Waals surface area contributed by atoms with Crippen LogP contribution in [0, 0.1) is 20.8 Å². The maximum atomic E-state index is 3.43. The van der Waals surface area contributed by atoms with Gasteiger partial charge in [-0.05, 0) is 71.0 Å². The molecule has 0 saturated carbocycles. The van der Waals surface area contributed by atoms with Crippen LogP contribution < -0.4 is 10.6 Å². The predicted molar refractivity (Wildman–Crippen MR) is 75.6 cm³/mol. The topological polar surface area (TPSA) is 24.1 Å². The third kappa shape index (κ3) is 2.88. The monoisotopic (exact) mass is 234 g/mol. The van der Waals surface area contributed by atoms with Gasteiger partial charge in [-0.25, -0.2) is 0 Å². The Bertz CT molecular complexity index is 394. The first-order valence-corrected chi connectivity index (χ1v) is 6.27. The molecule has 0 aliphatic carbocycles. The summed E-state index contributed by atoms with van der Waals surface area (Å²) < 4.78 is 0. The highest BCUT2D eigenvalue weighted by Gasteiger charge is 2.29. The van der Waals surface area contributed by atoms with Crippen molar-refractivity contribution in [2.24, 2.45) is 0 Å². The molecule has 17 heavy (non-hydrogen) atoms. The minimum atomic E-state index is 0.0290. The Kier molecular flexibility index (Phi) is 4.34. The lowest BCUT2D eigenvalue weighted by Gasteiger charge is -2.35. The summed E-state index contributed by atoms with van der Waals surface area (Å²) in [5.74, 6) is 0. The summed E-state index contributed by atoms with van der Waals surface area (Å²) in [5, 5.41) is 6.82. The van der Waals surface area contributed by atoms with Crippen LogP contribution in [0.15, 0.2) is 12.1 Å². The first-order valence-electron chi connectivity index (χ1n) is 6.27. The molecule has 0 saturated heterocycles. The molecule has 0 spiro atoms. The van der Waals surface area contributed by atoms with Gasteiger partial charge >= 0.3 is 0 Å². The first kappa shape index (κ1) is 14.2. The van der Waals surface area contributed by atoms with Gasteiger partial charge in [-0.15, -0.1) is 0 Å². The second-order valence-electron chi connectivity index (χ2n) is 5.49. The number of hydrogen-bond donors (Lipinski definition) is 2. The van der Waals surface area contributed by atoms with Crippen molar-refractivity contribution in [1.29, 1.82) is 0 Å². The number of hydrogen-bond acceptors (Lipinski definition) is 2. The van der Waals surface area contributed by atoms with Crippen molar-refractivity contribution < 1.29 is 0 Å². The second kappa shape index (κ2) is 5.19. The maximum absolute atomic E-state index is 3.43. The molecule has 1 atom stereocenters. The Hall–Kier alpha value is -0.860. The molecule has 2 N–H and O–H groups in total. The van der Waals surface area contributed by atoms with Crippen LogP contribution in [0.4, 0.5) is 0 Å². The number of rotatable bonds is 4. The van der Waals surface area contributed by atoms with E-state index in [0.717, 1.165) is 0 Å². The maximum Gasteiger partial charge on any atom is 0.0499 e. The van der Waals surface area contributed by atoms with Gasteiger partial charge in [0.25, 0.3) is 0 Å². The second-order valence-corrected chi connectivity index (χ2v) is 5.49.